The van der Waals surface area contributed by atoms with Crippen molar-refractivity contribution in [3.05, 3.63) is 109 Å². The van der Waals surface area contributed by atoms with Gasteiger partial charge in [0.1, 0.15) is 47.9 Å². The monoisotopic (exact) mass is 844 g/mol. The number of hydrogen-bond donors (Lipinski definition) is 3. The van der Waals surface area contributed by atoms with E-state index in [0.29, 0.717) is 52.6 Å². The van der Waals surface area contributed by atoms with Gasteiger partial charge in [-0.3, -0.25) is 4.90 Å². The van der Waals surface area contributed by atoms with Crippen LogP contribution in [-0.2, 0) is 6.18 Å². The van der Waals surface area contributed by atoms with Crippen molar-refractivity contribution in [2.75, 3.05) is 42.6 Å². The molecule has 1 saturated heterocycles. The lowest BCUT2D eigenvalue weighted by molar-refractivity contribution is -0.137. The van der Waals surface area contributed by atoms with Crippen molar-refractivity contribution in [2.24, 2.45) is 0 Å². The molecule has 1 aliphatic rings. The molecule has 308 valence electrons. The Hall–Kier alpha value is -7.39. The van der Waals surface area contributed by atoms with Gasteiger partial charge in [0.25, 0.3) is 11.8 Å². The summed E-state index contributed by atoms with van der Waals surface area (Å²) in [6, 6.07) is 17.4. The van der Waals surface area contributed by atoms with E-state index >= 15 is 0 Å². The maximum absolute atomic E-state index is 13.5. The van der Waals surface area contributed by atoms with Gasteiger partial charge in [0, 0.05) is 36.1 Å². The molecule has 0 saturated carbocycles. The fraction of sp³-hybridized carbons (Fsp3) is 0.184. The highest BCUT2D eigenvalue weighted by atomic mass is 35.5. The molecule has 0 radical (unpaired) electrons. The van der Waals surface area contributed by atoms with Crippen LogP contribution in [0.5, 0.6) is 29.0 Å². The van der Waals surface area contributed by atoms with Crippen molar-refractivity contribution < 1.29 is 41.0 Å². The molecule has 2 amide bonds. The summed E-state index contributed by atoms with van der Waals surface area (Å²) in [5.74, 6) is 2.17. The summed E-state index contributed by atoms with van der Waals surface area (Å²) >= 11 is 5.90. The number of nitrogens with two attached hydrogens (primary N) is 1. The summed E-state index contributed by atoms with van der Waals surface area (Å²) in [5.41, 5.74) is 6.24. The van der Waals surface area contributed by atoms with Crippen LogP contribution >= 0.6 is 11.6 Å². The second-order valence-corrected chi connectivity index (χ2v) is 13.0. The molecule has 0 atom stereocenters. The van der Waals surface area contributed by atoms with E-state index in [-0.39, 0.29) is 29.8 Å². The molecule has 4 N–H and O–H groups in total. The summed E-state index contributed by atoms with van der Waals surface area (Å²) in [5, 5.41) is 19.2. The van der Waals surface area contributed by atoms with Gasteiger partial charge in [-0.05, 0) is 80.5 Å². The van der Waals surface area contributed by atoms with Crippen LogP contribution in [0.25, 0.3) is 23.2 Å². The molecule has 7 aromatic rings. The topological polar surface area (TPSA) is 227 Å². The van der Waals surface area contributed by atoms with Crippen molar-refractivity contribution in [2.45, 2.75) is 19.0 Å². The predicted octanol–water partition coefficient (Wildman–Crippen LogP) is 8.01. The van der Waals surface area contributed by atoms with Crippen LogP contribution in [0, 0.1) is 0 Å². The van der Waals surface area contributed by atoms with E-state index in [1.165, 1.54) is 31.5 Å². The van der Waals surface area contributed by atoms with Gasteiger partial charge in [0.05, 0.1) is 16.3 Å². The first kappa shape index (κ1) is 40.8. The number of benzene rings is 3. The number of carbonyl (C=O) groups excluding carboxylic acids is 1. The Morgan fingerprint density at radius 1 is 0.783 bits per heavy atom. The molecule has 22 heteroatoms. The Morgan fingerprint density at radius 3 is 1.88 bits per heavy atom. The summed E-state index contributed by atoms with van der Waals surface area (Å²) in [6.07, 6.45) is 2.52. The SMILES string of the molecule is Nc1ccc(Oc2cc(-c3nnco3)ncn2)cc1.O=C(Nc1ccc(Oc2cc(-c3nnco3)ncn2)cc1)Nc1cc(C(F)(F)F)c(Cl)cc1OCCN1CCCC1. The number of aromatic nitrogens is 8. The number of halogens is 4. The maximum Gasteiger partial charge on any atom is 0.417 e. The molecule has 4 aromatic heterocycles. The number of anilines is 3. The second kappa shape index (κ2) is 18.9. The van der Waals surface area contributed by atoms with Gasteiger partial charge in [-0.1, -0.05) is 11.6 Å². The average Bonchev–Trinajstić information content (AvgIpc) is 4.06. The molecule has 1 aliphatic heterocycles. The summed E-state index contributed by atoms with van der Waals surface area (Å²) in [4.78, 5) is 31.0. The van der Waals surface area contributed by atoms with Crippen LogP contribution in [0.1, 0.15) is 18.4 Å². The number of nitrogen functional groups attached to an aromatic ring is 1. The number of alkyl halides is 3. The molecule has 3 aromatic carbocycles. The van der Waals surface area contributed by atoms with E-state index in [9.17, 15) is 18.0 Å². The number of urea groups is 1. The lowest BCUT2D eigenvalue weighted by Crippen LogP contribution is -2.25. The lowest BCUT2D eigenvalue weighted by atomic mass is 10.1. The highest BCUT2D eigenvalue weighted by Crippen LogP contribution is 2.40. The summed E-state index contributed by atoms with van der Waals surface area (Å²) in [6.45, 7) is 2.71. The number of nitrogens with one attached hydrogen (secondary N) is 2. The summed E-state index contributed by atoms with van der Waals surface area (Å²) in [7, 11) is 0. The van der Waals surface area contributed by atoms with Crippen LogP contribution in [0.3, 0.4) is 0 Å². The fourth-order valence-corrected chi connectivity index (χ4v) is 5.80. The average molecular weight is 845 g/mol. The third-order valence-corrected chi connectivity index (χ3v) is 8.68. The van der Waals surface area contributed by atoms with Gasteiger partial charge < -0.3 is 39.4 Å². The van der Waals surface area contributed by atoms with Crippen LogP contribution in [0.4, 0.5) is 35.0 Å². The van der Waals surface area contributed by atoms with E-state index in [2.05, 4.69) is 55.9 Å². The molecule has 8 rings (SSSR count). The van der Waals surface area contributed by atoms with Gasteiger partial charge in [-0.2, -0.15) is 13.2 Å². The molecule has 18 nitrogen and oxygen atoms in total. The van der Waals surface area contributed by atoms with E-state index in [4.69, 9.17) is 40.4 Å². The first-order chi connectivity index (χ1) is 29.1. The molecular formula is C38H32ClF3N12O6. The third kappa shape index (κ3) is 11.2. The lowest BCUT2D eigenvalue weighted by Gasteiger charge is -2.19. The van der Waals surface area contributed by atoms with Gasteiger partial charge in [-0.25, -0.2) is 24.7 Å². The number of hydrogen-bond acceptors (Lipinski definition) is 16. The Kier molecular flexibility index (Phi) is 12.9. The fourth-order valence-electron chi connectivity index (χ4n) is 5.54. The predicted molar refractivity (Wildman–Crippen MR) is 208 cm³/mol. The Labute approximate surface area is 342 Å². The van der Waals surface area contributed by atoms with Crippen molar-refractivity contribution in [1.29, 1.82) is 0 Å². The van der Waals surface area contributed by atoms with Gasteiger partial charge >= 0.3 is 12.2 Å². The molecule has 0 unspecified atom stereocenters. The number of likely N-dealkylation sites (tertiary alicyclic amines) is 1. The molecule has 5 heterocycles. The van der Waals surface area contributed by atoms with Crippen LogP contribution < -0.4 is 30.6 Å². The standard InChI is InChI=1S/C26H23ClF3N7O4.C12H9N5O2/c27-19-12-22(39-10-9-37-7-1-2-8-37)20(11-18(19)26(28,29)30)35-25(38)34-16-3-5-17(6-4-16)41-23-13-21(31-14-32-23)24-36-33-15-40-24;13-8-1-3-9(4-2-8)19-11-5-10(14-6-15-11)12-17-16-7-18-12/h3-6,11-15H,1-2,7-10H2,(H2,34,35,38);1-7H,13H2. The van der Waals surface area contributed by atoms with Gasteiger partial charge in [-0.15, -0.1) is 20.4 Å². The maximum atomic E-state index is 13.5. The zero-order valence-corrected chi connectivity index (χ0v) is 31.8. The number of nitrogens with zero attached hydrogens (tertiary/aromatic N) is 9. The molecular weight excluding hydrogens is 813 g/mol. The second-order valence-electron chi connectivity index (χ2n) is 12.6. The highest BCUT2D eigenvalue weighted by Gasteiger charge is 2.34. The van der Waals surface area contributed by atoms with Gasteiger partial charge in [0.15, 0.2) is 0 Å². The van der Waals surface area contributed by atoms with Crippen molar-refractivity contribution in [3.8, 4) is 52.2 Å². The number of rotatable bonds is 12. The highest BCUT2D eigenvalue weighted by molar-refractivity contribution is 6.31. The quantitative estimate of drug-likeness (QED) is 0.0989. The smallest absolute Gasteiger partial charge is 0.417 e. The normalized spacial score (nSPS) is 12.6. The molecule has 0 aliphatic carbocycles. The van der Waals surface area contributed by atoms with Crippen molar-refractivity contribution in [1.82, 2.24) is 45.2 Å². The van der Waals surface area contributed by atoms with Crippen LogP contribution in [0.2, 0.25) is 5.02 Å². The summed E-state index contributed by atoms with van der Waals surface area (Å²) < 4.78 is 67.7. The van der Waals surface area contributed by atoms with Crippen LogP contribution in [-0.4, -0.2) is 77.5 Å². The molecule has 1 fully saturated rings. The Morgan fingerprint density at radius 2 is 1.35 bits per heavy atom. The first-order valence-corrected chi connectivity index (χ1v) is 18.3. The largest absolute Gasteiger partial charge is 0.490 e. The molecule has 0 spiro atoms. The minimum Gasteiger partial charge on any atom is -0.490 e. The van der Waals surface area contributed by atoms with Gasteiger partial charge in [0.2, 0.25) is 24.5 Å². The Bertz CT molecular complexity index is 2470. The Balaban J connectivity index is 0.000000238. The van der Waals surface area contributed by atoms with E-state index in [0.717, 1.165) is 38.1 Å². The van der Waals surface area contributed by atoms with Crippen molar-refractivity contribution >= 4 is 34.7 Å². The van der Waals surface area contributed by atoms with E-state index in [1.54, 1.807) is 54.6 Å². The minimum absolute atomic E-state index is 0.0332. The molecule has 60 heavy (non-hydrogen) atoms. The van der Waals surface area contributed by atoms with E-state index in [1.807, 2.05) is 0 Å². The number of amides is 2. The zero-order valence-electron chi connectivity index (χ0n) is 31.0. The minimum atomic E-state index is -4.72. The molecule has 0 bridgehead atoms. The number of ether oxygens (including phenoxy) is 3. The zero-order chi connectivity index (χ0) is 41.9. The third-order valence-electron chi connectivity index (χ3n) is 8.37. The van der Waals surface area contributed by atoms with Crippen molar-refractivity contribution in [3.63, 3.8) is 0 Å². The number of carbonyl (C=O) groups is 1. The van der Waals surface area contributed by atoms with Crippen LogP contribution in [0.15, 0.2) is 107 Å². The first-order valence-electron chi connectivity index (χ1n) is 17.9. The van der Waals surface area contributed by atoms with E-state index < -0.39 is 22.8 Å².